The maximum atomic E-state index is 4.38. The Kier molecular flexibility index (Phi) is 4.35. The van der Waals surface area contributed by atoms with E-state index in [4.69, 9.17) is 0 Å². The quantitative estimate of drug-likeness (QED) is 0.854. The summed E-state index contributed by atoms with van der Waals surface area (Å²) in [6.45, 7) is 4.15. The van der Waals surface area contributed by atoms with Gasteiger partial charge in [0.15, 0.2) is 0 Å². The SMILES string of the molecule is CNC(c1ccc(C)nc1)c1cccc(C)c1I. The van der Waals surface area contributed by atoms with Crippen molar-refractivity contribution in [3.05, 3.63) is 62.5 Å². The van der Waals surface area contributed by atoms with E-state index in [2.05, 4.69) is 70.1 Å². The van der Waals surface area contributed by atoms with E-state index in [1.807, 2.05) is 20.2 Å². The van der Waals surface area contributed by atoms with Gasteiger partial charge in [-0.1, -0.05) is 24.3 Å². The highest BCUT2D eigenvalue weighted by Crippen LogP contribution is 2.27. The van der Waals surface area contributed by atoms with E-state index in [1.165, 1.54) is 20.3 Å². The summed E-state index contributed by atoms with van der Waals surface area (Å²) in [6, 6.07) is 10.8. The van der Waals surface area contributed by atoms with E-state index < -0.39 is 0 Å². The lowest BCUT2D eigenvalue weighted by Gasteiger charge is -2.19. The molecule has 3 heteroatoms. The zero-order valence-corrected chi connectivity index (χ0v) is 13.0. The lowest BCUT2D eigenvalue weighted by molar-refractivity contribution is 0.684. The molecule has 1 aromatic carbocycles. The molecule has 2 aromatic rings. The Morgan fingerprint density at radius 1 is 1.17 bits per heavy atom. The molecule has 0 amide bonds. The molecule has 1 atom stereocenters. The van der Waals surface area contributed by atoms with Gasteiger partial charge in [-0.3, -0.25) is 4.98 Å². The molecule has 2 nitrogen and oxygen atoms in total. The number of aromatic nitrogens is 1. The highest BCUT2D eigenvalue weighted by Gasteiger charge is 2.15. The molecule has 0 aliphatic rings. The van der Waals surface area contributed by atoms with Crippen molar-refractivity contribution >= 4 is 22.6 Å². The second-order valence-electron chi connectivity index (χ2n) is 4.43. The molecule has 94 valence electrons. The summed E-state index contributed by atoms with van der Waals surface area (Å²) in [5.41, 5.74) is 4.87. The minimum absolute atomic E-state index is 0.199. The van der Waals surface area contributed by atoms with Crippen molar-refractivity contribution in [1.82, 2.24) is 10.3 Å². The Bertz CT molecular complexity index is 535. The summed E-state index contributed by atoms with van der Waals surface area (Å²) in [5.74, 6) is 0. The fraction of sp³-hybridized carbons (Fsp3) is 0.267. The first-order valence-electron chi connectivity index (χ1n) is 5.98. The molecule has 0 aliphatic carbocycles. The van der Waals surface area contributed by atoms with Gasteiger partial charge in [-0.05, 0) is 66.2 Å². The number of pyridine rings is 1. The predicted molar refractivity (Wildman–Crippen MR) is 83.8 cm³/mol. The van der Waals surface area contributed by atoms with Crippen molar-refractivity contribution < 1.29 is 0 Å². The van der Waals surface area contributed by atoms with Gasteiger partial charge in [-0.25, -0.2) is 0 Å². The molecule has 0 spiro atoms. The van der Waals surface area contributed by atoms with Crippen molar-refractivity contribution in [1.29, 1.82) is 0 Å². The molecular weight excluding hydrogens is 335 g/mol. The van der Waals surface area contributed by atoms with Crippen LogP contribution in [0, 0.1) is 17.4 Å². The van der Waals surface area contributed by atoms with E-state index in [0.29, 0.717) is 0 Å². The topological polar surface area (TPSA) is 24.9 Å². The van der Waals surface area contributed by atoms with Gasteiger partial charge in [0, 0.05) is 15.5 Å². The molecule has 18 heavy (non-hydrogen) atoms. The number of nitrogens with zero attached hydrogens (tertiary/aromatic N) is 1. The Labute approximate surface area is 122 Å². The highest BCUT2D eigenvalue weighted by atomic mass is 127. The lowest BCUT2D eigenvalue weighted by Crippen LogP contribution is -2.19. The fourth-order valence-electron chi connectivity index (χ4n) is 2.04. The van der Waals surface area contributed by atoms with Gasteiger partial charge >= 0.3 is 0 Å². The normalized spacial score (nSPS) is 12.4. The molecule has 0 saturated heterocycles. The van der Waals surface area contributed by atoms with E-state index in [0.717, 1.165) is 5.69 Å². The Balaban J connectivity index is 2.45. The minimum atomic E-state index is 0.199. The van der Waals surface area contributed by atoms with E-state index in [9.17, 15) is 0 Å². The Hall–Kier alpha value is -0.940. The number of rotatable bonds is 3. The fourth-order valence-corrected chi connectivity index (χ4v) is 2.72. The van der Waals surface area contributed by atoms with Crippen LogP contribution in [0.2, 0.25) is 0 Å². The van der Waals surface area contributed by atoms with Crippen LogP contribution in [-0.2, 0) is 0 Å². The van der Waals surface area contributed by atoms with E-state index >= 15 is 0 Å². The second-order valence-corrected chi connectivity index (χ2v) is 5.51. The average molecular weight is 352 g/mol. The van der Waals surface area contributed by atoms with Crippen LogP contribution in [0.15, 0.2) is 36.5 Å². The van der Waals surface area contributed by atoms with E-state index in [1.54, 1.807) is 0 Å². The molecular formula is C15H17IN2. The smallest absolute Gasteiger partial charge is 0.0600 e. The lowest BCUT2D eigenvalue weighted by atomic mass is 9.98. The first-order valence-corrected chi connectivity index (χ1v) is 7.06. The summed E-state index contributed by atoms with van der Waals surface area (Å²) in [4.78, 5) is 4.38. The van der Waals surface area contributed by atoms with Crippen LogP contribution in [-0.4, -0.2) is 12.0 Å². The molecule has 0 aliphatic heterocycles. The third-order valence-electron chi connectivity index (χ3n) is 3.09. The molecule has 1 aromatic heterocycles. The standard InChI is InChI=1S/C15H17IN2/c1-10-5-4-6-13(14(10)16)15(17-3)12-8-7-11(2)18-9-12/h4-9,15,17H,1-3H3. The van der Waals surface area contributed by atoms with Gasteiger partial charge in [0.25, 0.3) is 0 Å². The number of hydrogen-bond donors (Lipinski definition) is 1. The van der Waals surface area contributed by atoms with Crippen LogP contribution in [0.25, 0.3) is 0 Å². The third-order valence-corrected chi connectivity index (χ3v) is 4.56. The minimum Gasteiger partial charge on any atom is -0.309 e. The van der Waals surface area contributed by atoms with Crippen molar-refractivity contribution in [2.45, 2.75) is 19.9 Å². The van der Waals surface area contributed by atoms with Crippen LogP contribution in [0.1, 0.15) is 28.4 Å². The van der Waals surface area contributed by atoms with Crippen molar-refractivity contribution in [2.75, 3.05) is 7.05 Å². The molecule has 1 N–H and O–H groups in total. The first-order chi connectivity index (χ1) is 8.63. The van der Waals surface area contributed by atoms with Crippen LogP contribution in [0.3, 0.4) is 0 Å². The van der Waals surface area contributed by atoms with Crippen LogP contribution < -0.4 is 5.32 Å². The highest BCUT2D eigenvalue weighted by molar-refractivity contribution is 14.1. The van der Waals surface area contributed by atoms with Crippen LogP contribution in [0.5, 0.6) is 0 Å². The van der Waals surface area contributed by atoms with Gasteiger partial charge in [-0.2, -0.15) is 0 Å². The van der Waals surface area contributed by atoms with Gasteiger partial charge in [0.1, 0.15) is 0 Å². The number of aryl methyl sites for hydroxylation is 2. The van der Waals surface area contributed by atoms with Gasteiger partial charge < -0.3 is 5.32 Å². The maximum Gasteiger partial charge on any atom is 0.0600 e. The molecule has 0 bridgehead atoms. The van der Waals surface area contributed by atoms with Crippen molar-refractivity contribution in [2.24, 2.45) is 0 Å². The molecule has 0 saturated carbocycles. The largest absolute Gasteiger partial charge is 0.309 e. The molecule has 1 unspecified atom stereocenters. The molecule has 0 fully saturated rings. The Morgan fingerprint density at radius 2 is 1.94 bits per heavy atom. The first kappa shape index (κ1) is 13.5. The van der Waals surface area contributed by atoms with Crippen LogP contribution in [0.4, 0.5) is 0 Å². The third kappa shape index (κ3) is 2.72. The number of nitrogens with one attached hydrogen (secondary N) is 1. The summed E-state index contributed by atoms with van der Waals surface area (Å²) in [5, 5.41) is 3.38. The van der Waals surface area contributed by atoms with Crippen molar-refractivity contribution in [3.8, 4) is 0 Å². The summed E-state index contributed by atoms with van der Waals surface area (Å²) in [7, 11) is 1.99. The maximum absolute atomic E-state index is 4.38. The van der Waals surface area contributed by atoms with Crippen molar-refractivity contribution in [3.63, 3.8) is 0 Å². The molecule has 1 heterocycles. The summed E-state index contributed by atoms with van der Waals surface area (Å²) in [6.07, 6.45) is 1.95. The van der Waals surface area contributed by atoms with Gasteiger partial charge in [-0.15, -0.1) is 0 Å². The number of hydrogen-bond acceptors (Lipinski definition) is 2. The summed E-state index contributed by atoms with van der Waals surface area (Å²) < 4.78 is 1.31. The average Bonchev–Trinajstić information content (AvgIpc) is 2.37. The number of benzene rings is 1. The zero-order valence-electron chi connectivity index (χ0n) is 10.9. The predicted octanol–water partition coefficient (Wildman–Crippen LogP) is 3.61. The van der Waals surface area contributed by atoms with Gasteiger partial charge in [0.05, 0.1) is 6.04 Å². The monoisotopic (exact) mass is 352 g/mol. The Morgan fingerprint density at radius 3 is 2.56 bits per heavy atom. The zero-order chi connectivity index (χ0) is 13.1. The second kappa shape index (κ2) is 5.80. The summed E-state index contributed by atoms with van der Waals surface area (Å²) >= 11 is 2.42. The molecule has 2 rings (SSSR count). The van der Waals surface area contributed by atoms with E-state index in [-0.39, 0.29) is 6.04 Å². The van der Waals surface area contributed by atoms with Crippen LogP contribution >= 0.6 is 22.6 Å². The van der Waals surface area contributed by atoms with Gasteiger partial charge in [0.2, 0.25) is 0 Å². The number of halogens is 1. The molecule has 0 radical (unpaired) electrons.